The van der Waals surface area contributed by atoms with Gasteiger partial charge in [-0.1, -0.05) is 5.10 Å². The van der Waals surface area contributed by atoms with Gasteiger partial charge in [-0.3, -0.25) is 19.5 Å². The summed E-state index contributed by atoms with van der Waals surface area (Å²) in [6, 6.07) is -1.46. The lowest BCUT2D eigenvalue weighted by Crippen LogP contribution is -2.51. The summed E-state index contributed by atoms with van der Waals surface area (Å²) in [5.41, 5.74) is 5.18. The van der Waals surface area contributed by atoms with Crippen LogP contribution in [-0.4, -0.2) is 70.8 Å². The Kier molecular flexibility index (Phi) is 7.86. The van der Waals surface area contributed by atoms with E-state index >= 15 is 0 Å². The molecule has 0 aliphatic rings. The number of rotatable bonds is 9. The number of amides is 2. The lowest BCUT2D eigenvalue weighted by molar-refractivity contribution is -0.174. The molecule has 0 aliphatic heterocycles. The summed E-state index contributed by atoms with van der Waals surface area (Å²) in [5.74, 6) is -3.45. The Balaban J connectivity index is 2.72. The summed E-state index contributed by atoms with van der Waals surface area (Å²) in [5, 5.41) is 14.1. The van der Waals surface area contributed by atoms with E-state index in [4.69, 9.17) is 5.73 Å². The number of H-pyrrole nitrogens is 1. The molecular weight excluding hydrogens is 364 g/mol. The molecule has 1 aromatic heterocycles. The number of carbonyl (C=O) groups is 2. The molecule has 0 fully saturated rings. The summed E-state index contributed by atoms with van der Waals surface area (Å²) in [7, 11) is 1.23. The molecule has 0 bridgehead atoms. The van der Waals surface area contributed by atoms with Crippen molar-refractivity contribution in [2.75, 3.05) is 25.2 Å². The van der Waals surface area contributed by atoms with E-state index in [9.17, 15) is 27.2 Å². The number of tetrazole rings is 1. The van der Waals surface area contributed by atoms with Gasteiger partial charge in [-0.05, 0) is 24.5 Å². The van der Waals surface area contributed by atoms with E-state index in [0.29, 0.717) is 6.42 Å². The SMILES string of the molecule is CN(C(=O)C(CCCCN=C(N)CF)NC(=O)C(F)(F)F)c1nn[nH]n1. The lowest BCUT2D eigenvalue weighted by Gasteiger charge is -2.22. The number of unbranched alkanes of at least 4 members (excludes halogenated alkanes) is 1. The molecule has 1 aromatic rings. The van der Waals surface area contributed by atoms with Crippen molar-refractivity contribution in [3.63, 3.8) is 0 Å². The monoisotopic (exact) mass is 382 g/mol. The second kappa shape index (κ2) is 9.62. The van der Waals surface area contributed by atoms with Gasteiger partial charge in [-0.2, -0.15) is 18.4 Å². The molecule has 10 nitrogen and oxygen atoms in total. The van der Waals surface area contributed by atoms with Gasteiger partial charge < -0.3 is 11.1 Å². The number of carbonyl (C=O) groups excluding carboxylic acids is 2. The predicted octanol–water partition coefficient (Wildman–Crippen LogP) is -0.293. The number of nitrogens with two attached hydrogens (primary N) is 1. The molecular formula is C12H18F4N8O2. The van der Waals surface area contributed by atoms with Crippen LogP contribution in [0.5, 0.6) is 0 Å². The zero-order valence-electron chi connectivity index (χ0n) is 13.8. The fraction of sp³-hybridized carbons (Fsp3) is 0.667. The summed E-state index contributed by atoms with van der Waals surface area (Å²) < 4.78 is 49.6. The van der Waals surface area contributed by atoms with Gasteiger partial charge in [0, 0.05) is 13.6 Å². The number of aromatic nitrogens is 4. The zero-order chi connectivity index (χ0) is 19.7. The van der Waals surface area contributed by atoms with Crippen molar-refractivity contribution < 1.29 is 27.2 Å². The lowest BCUT2D eigenvalue weighted by atomic mass is 10.1. The van der Waals surface area contributed by atoms with E-state index in [1.54, 1.807) is 5.32 Å². The highest BCUT2D eigenvalue weighted by Gasteiger charge is 2.41. The van der Waals surface area contributed by atoms with Crippen molar-refractivity contribution in [2.45, 2.75) is 31.5 Å². The molecule has 2 amide bonds. The molecule has 1 rings (SSSR count). The van der Waals surface area contributed by atoms with Gasteiger partial charge in [0.15, 0.2) is 0 Å². The van der Waals surface area contributed by atoms with E-state index in [1.165, 1.54) is 7.05 Å². The Labute approximate surface area is 145 Å². The first-order valence-electron chi connectivity index (χ1n) is 7.40. The number of nitrogens with zero attached hydrogens (tertiary/aromatic N) is 5. The first kappa shape index (κ1) is 21.2. The third-order valence-corrected chi connectivity index (χ3v) is 3.18. The molecule has 0 saturated heterocycles. The maximum absolute atomic E-state index is 12.5. The zero-order valence-corrected chi connectivity index (χ0v) is 13.8. The third-order valence-electron chi connectivity index (χ3n) is 3.18. The van der Waals surface area contributed by atoms with Crippen LogP contribution in [0.4, 0.5) is 23.5 Å². The van der Waals surface area contributed by atoms with Crippen LogP contribution in [0, 0.1) is 0 Å². The molecule has 26 heavy (non-hydrogen) atoms. The van der Waals surface area contributed by atoms with Crippen LogP contribution >= 0.6 is 0 Å². The van der Waals surface area contributed by atoms with E-state index in [-0.39, 0.29) is 31.2 Å². The number of amidine groups is 1. The number of anilines is 1. The fourth-order valence-corrected chi connectivity index (χ4v) is 1.85. The number of hydrogen-bond acceptors (Lipinski definition) is 6. The highest BCUT2D eigenvalue weighted by molar-refractivity contribution is 5.98. The van der Waals surface area contributed by atoms with Crippen LogP contribution < -0.4 is 16.0 Å². The molecule has 0 aliphatic carbocycles. The van der Waals surface area contributed by atoms with Gasteiger partial charge in [0.1, 0.15) is 18.6 Å². The summed E-state index contributed by atoms with van der Waals surface area (Å²) >= 11 is 0. The fourth-order valence-electron chi connectivity index (χ4n) is 1.85. The number of nitrogens with one attached hydrogen (secondary N) is 2. The van der Waals surface area contributed by atoms with E-state index in [2.05, 4.69) is 25.6 Å². The van der Waals surface area contributed by atoms with Crippen molar-refractivity contribution in [1.29, 1.82) is 0 Å². The van der Waals surface area contributed by atoms with Gasteiger partial charge >= 0.3 is 12.1 Å². The standard InChI is InChI=1S/C12H18F4N8O2/c1-24(11-20-22-23-21-11)9(25)7(19-10(26)12(14,15)16)4-2-3-5-18-8(17)6-13/h7H,2-6H2,1H3,(H2,17,18)(H,19,26)(H,20,21,22,23). The van der Waals surface area contributed by atoms with Gasteiger partial charge in [0.2, 0.25) is 0 Å². The molecule has 0 radical (unpaired) electrons. The Morgan fingerprint density at radius 3 is 2.62 bits per heavy atom. The first-order chi connectivity index (χ1) is 12.2. The smallest absolute Gasteiger partial charge is 0.385 e. The van der Waals surface area contributed by atoms with Crippen molar-refractivity contribution >= 4 is 23.6 Å². The largest absolute Gasteiger partial charge is 0.471 e. The number of hydrogen-bond donors (Lipinski definition) is 3. The van der Waals surface area contributed by atoms with Crippen LogP contribution in [0.25, 0.3) is 0 Å². The van der Waals surface area contributed by atoms with Crippen molar-refractivity contribution in [3.8, 4) is 0 Å². The summed E-state index contributed by atoms with van der Waals surface area (Å²) in [4.78, 5) is 28.1. The molecule has 1 heterocycles. The van der Waals surface area contributed by atoms with Crippen LogP contribution in [0.3, 0.4) is 0 Å². The quantitative estimate of drug-likeness (QED) is 0.232. The number of likely N-dealkylation sites (N-methyl/N-ethyl adjacent to an activating group) is 1. The molecule has 0 aromatic carbocycles. The molecule has 0 saturated carbocycles. The van der Waals surface area contributed by atoms with E-state index in [0.717, 1.165) is 4.90 Å². The number of aliphatic imine (C=N–C) groups is 1. The van der Waals surface area contributed by atoms with Crippen molar-refractivity contribution in [2.24, 2.45) is 10.7 Å². The van der Waals surface area contributed by atoms with E-state index < -0.39 is 30.7 Å². The summed E-state index contributed by atoms with van der Waals surface area (Å²) in [6.45, 7) is -0.761. The first-order valence-corrected chi connectivity index (χ1v) is 7.40. The average Bonchev–Trinajstić information content (AvgIpc) is 3.12. The molecule has 1 atom stereocenters. The normalized spacial score (nSPS) is 13.3. The molecule has 4 N–H and O–H groups in total. The Hall–Kier alpha value is -2.80. The Bertz CT molecular complexity index is 619. The highest BCUT2D eigenvalue weighted by atomic mass is 19.4. The molecule has 14 heteroatoms. The second-order valence-electron chi connectivity index (χ2n) is 5.14. The van der Waals surface area contributed by atoms with Crippen LogP contribution in [0.2, 0.25) is 0 Å². The van der Waals surface area contributed by atoms with Gasteiger partial charge in [0.05, 0.1) is 0 Å². The number of halogens is 4. The highest BCUT2D eigenvalue weighted by Crippen LogP contribution is 2.16. The van der Waals surface area contributed by atoms with Gasteiger partial charge in [-0.15, -0.1) is 5.10 Å². The number of aromatic amines is 1. The maximum Gasteiger partial charge on any atom is 0.471 e. The Morgan fingerprint density at radius 1 is 1.38 bits per heavy atom. The minimum absolute atomic E-state index is 0.103. The third kappa shape index (κ3) is 6.60. The van der Waals surface area contributed by atoms with E-state index in [1.807, 2.05) is 0 Å². The predicted molar refractivity (Wildman–Crippen MR) is 81.9 cm³/mol. The van der Waals surface area contributed by atoms with Crippen molar-refractivity contribution in [1.82, 2.24) is 25.9 Å². The summed E-state index contributed by atoms with van der Waals surface area (Å²) in [6.07, 6.45) is -4.67. The Morgan fingerprint density at radius 2 is 2.08 bits per heavy atom. The maximum atomic E-state index is 12.5. The van der Waals surface area contributed by atoms with Crippen LogP contribution in [-0.2, 0) is 9.59 Å². The van der Waals surface area contributed by atoms with Gasteiger partial charge in [-0.25, -0.2) is 4.39 Å². The van der Waals surface area contributed by atoms with Gasteiger partial charge in [0.25, 0.3) is 11.9 Å². The van der Waals surface area contributed by atoms with Crippen LogP contribution in [0.1, 0.15) is 19.3 Å². The topological polar surface area (TPSA) is 142 Å². The second-order valence-corrected chi connectivity index (χ2v) is 5.14. The minimum Gasteiger partial charge on any atom is -0.385 e. The molecule has 146 valence electrons. The molecule has 1 unspecified atom stereocenters. The average molecular weight is 382 g/mol. The number of alkyl halides is 4. The minimum atomic E-state index is -5.14. The van der Waals surface area contributed by atoms with Crippen LogP contribution in [0.15, 0.2) is 4.99 Å². The van der Waals surface area contributed by atoms with Crippen molar-refractivity contribution in [3.05, 3.63) is 0 Å². The molecule has 0 spiro atoms.